The molecule has 2 aromatic carbocycles. The van der Waals surface area contributed by atoms with Crippen molar-refractivity contribution in [2.75, 3.05) is 12.4 Å². The summed E-state index contributed by atoms with van der Waals surface area (Å²) in [6, 6.07) is 13.7. The molecule has 0 aromatic heterocycles. The Bertz CT molecular complexity index is 765. The Balaban J connectivity index is 1.61. The summed E-state index contributed by atoms with van der Waals surface area (Å²) in [7, 11) is 1.62. The van der Waals surface area contributed by atoms with Gasteiger partial charge in [-0.25, -0.2) is 4.99 Å². The fourth-order valence-electron chi connectivity index (χ4n) is 2.92. The molecule has 124 valence electrons. The summed E-state index contributed by atoms with van der Waals surface area (Å²) in [6.07, 6.45) is 3.54. The van der Waals surface area contributed by atoms with Crippen molar-refractivity contribution in [3.8, 4) is 0 Å². The molecule has 3 rings (SSSR count). The number of rotatable bonds is 4. The second-order valence-corrected chi connectivity index (χ2v) is 5.94. The Morgan fingerprint density at radius 2 is 1.88 bits per heavy atom. The highest BCUT2D eigenvalue weighted by Gasteiger charge is 2.10. The van der Waals surface area contributed by atoms with Crippen molar-refractivity contribution in [1.82, 2.24) is 5.32 Å². The minimum atomic E-state index is -0.0946. The first-order valence-corrected chi connectivity index (χ1v) is 8.15. The van der Waals surface area contributed by atoms with E-state index in [-0.39, 0.29) is 5.91 Å². The Morgan fingerprint density at radius 3 is 2.62 bits per heavy atom. The molecule has 0 aliphatic heterocycles. The molecule has 0 radical (unpaired) electrons. The number of aryl methyl sites for hydroxylation is 2. The van der Waals surface area contributed by atoms with Gasteiger partial charge < -0.3 is 16.4 Å². The van der Waals surface area contributed by atoms with Crippen molar-refractivity contribution in [2.24, 2.45) is 10.7 Å². The number of carbonyl (C=O) groups excluding carboxylic acids is 1. The van der Waals surface area contributed by atoms with Crippen molar-refractivity contribution in [2.45, 2.75) is 25.8 Å². The molecular formula is C19H22N4O. The van der Waals surface area contributed by atoms with E-state index in [4.69, 9.17) is 5.73 Å². The summed E-state index contributed by atoms with van der Waals surface area (Å²) >= 11 is 0. The van der Waals surface area contributed by atoms with Crippen LogP contribution in [0.15, 0.2) is 47.5 Å². The van der Waals surface area contributed by atoms with Crippen LogP contribution < -0.4 is 16.4 Å². The number of nitrogens with one attached hydrogen (secondary N) is 2. The zero-order chi connectivity index (χ0) is 16.9. The van der Waals surface area contributed by atoms with E-state index in [0.717, 1.165) is 17.7 Å². The second kappa shape index (κ2) is 7.17. The predicted molar refractivity (Wildman–Crippen MR) is 97.2 cm³/mol. The fraction of sp³-hybridized carbons (Fsp3) is 0.263. The van der Waals surface area contributed by atoms with Crippen LogP contribution in [0.2, 0.25) is 0 Å². The third kappa shape index (κ3) is 3.74. The van der Waals surface area contributed by atoms with E-state index in [1.807, 2.05) is 18.2 Å². The summed E-state index contributed by atoms with van der Waals surface area (Å²) in [5.41, 5.74) is 11.4. The van der Waals surface area contributed by atoms with Crippen molar-refractivity contribution in [3.63, 3.8) is 0 Å². The van der Waals surface area contributed by atoms with Gasteiger partial charge in [0.15, 0.2) is 5.96 Å². The van der Waals surface area contributed by atoms with Crippen LogP contribution in [-0.2, 0) is 19.4 Å². The highest BCUT2D eigenvalue weighted by atomic mass is 16.1. The highest BCUT2D eigenvalue weighted by Crippen LogP contribution is 2.24. The summed E-state index contributed by atoms with van der Waals surface area (Å²) in [5.74, 6) is 0.297. The van der Waals surface area contributed by atoms with Gasteiger partial charge in [-0.3, -0.25) is 4.79 Å². The smallest absolute Gasteiger partial charge is 0.251 e. The fourth-order valence-corrected chi connectivity index (χ4v) is 2.92. The first-order chi connectivity index (χ1) is 11.7. The number of anilines is 1. The molecule has 0 spiro atoms. The summed E-state index contributed by atoms with van der Waals surface area (Å²) in [6.45, 7) is 0.470. The summed E-state index contributed by atoms with van der Waals surface area (Å²) in [4.78, 5) is 15.9. The maximum absolute atomic E-state index is 11.5. The lowest BCUT2D eigenvalue weighted by Gasteiger charge is -2.08. The van der Waals surface area contributed by atoms with Gasteiger partial charge in [0.25, 0.3) is 5.91 Å². The van der Waals surface area contributed by atoms with Gasteiger partial charge in [-0.1, -0.05) is 18.2 Å². The van der Waals surface area contributed by atoms with Crippen LogP contribution in [0.4, 0.5) is 5.69 Å². The van der Waals surface area contributed by atoms with E-state index in [2.05, 4.69) is 27.8 Å². The normalized spacial score (nSPS) is 13.5. The summed E-state index contributed by atoms with van der Waals surface area (Å²) in [5, 5.41) is 5.74. The molecule has 1 aliphatic rings. The van der Waals surface area contributed by atoms with Crippen LogP contribution in [0.25, 0.3) is 0 Å². The number of guanidine groups is 1. The van der Waals surface area contributed by atoms with Gasteiger partial charge in [-0.15, -0.1) is 0 Å². The zero-order valence-electron chi connectivity index (χ0n) is 13.8. The van der Waals surface area contributed by atoms with Crippen molar-refractivity contribution < 1.29 is 4.79 Å². The molecule has 0 atom stereocenters. The molecule has 5 heteroatoms. The number of carbonyl (C=O) groups is 1. The monoisotopic (exact) mass is 322 g/mol. The first-order valence-electron chi connectivity index (χ1n) is 8.15. The molecule has 1 amide bonds. The Morgan fingerprint density at radius 1 is 1.12 bits per heavy atom. The molecule has 0 saturated carbocycles. The van der Waals surface area contributed by atoms with Crippen LogP contribution in [-0.4, -0.2) is 18.9 Å². The number of aliphatic imine (C=N–C) groups is 1. The molecule has 0 fully saturated rings. The predicted octanol–water partition coefficient (Wildman–Crippen LogP) is 2.46. The lowest BCUT2D eigenvalue weighted by Crippen LogP contribution is -2.22. The van der Waals surface area contributed by atoms with E-state index in [0.29, 0.717) is 18.1 Å². The maximum atomic E-state index is 11.5. The van der Waals surface area contributed by atoms with E-state index in [1.54, 1.807) is 19.2 Å². The third-order valence-corrected chi connectivity index (χ3v) is 4.25. The van der Waals surface area contributed by atoms with Gasteiger partial charge in [-0.05, 0) is 60.2 Å². The number of fused-ring (bicyclic) bond motifs is 1. The van der Waals surface area contributed by atoms with E-state index in [1.165, 1.54) is 24.0 Å². The number of benzene rings is 2. The van der Waals surface area contributed by atoms with Crippen molar-refractivity contribution in [1.29, 1.82) is 0 Å². The van der Waals surface area contributed by atoms with Crippen molar-refractivity contribution in [3.05, 3.63) is 64.7 Å². The van der Waals surface area contributed by atoms with Gasteiger partial charge in [0, 0.05) is 18.3 Å². The SMILES string of the molecule is CNC(=O)c1ccc(CN=C(N)Nc2ccc3c(c2)CCC3)cc1. The van der Waals surface area contributed by atoms with E-state index < -0.39 is 0 Å². The number of hydrogen-bond donors (Lipinski definition) is 3. The molecule has 5 nitrogen and oxygen atoms in total. The number of nitrogens with two attached hydrogens (primary N) is 1. The van der Waals surface area contributed by atoms with Gasteiger partial charge in [0.2, 0.25) is 0 Å². The van der Waals surface area contributed by atoms with Gasteiger partial charge >= 0.3 is 0 Å². The third-order valence-electron chi connectivity index (χ3n) is 4.25. The van der Waals surface area contributed by atoms with Crippen molar-refractivity contribution >= 4 is 17.6 Å². The quantitative estimate of drug-likeness (QED) is 0.597. The lowest BCUT2D eigenvalue weighted by molar-refractivity contribution is 0.0963. The Labute approximate surface area is 142 Å². The average molecular weight is 322 g/mol. The zero-order valence-corrected chi connectivity index (χ0v) is 13.8. The minimum Gasteiger partial charge on any atom is -0.370 e. The highest BCUT2D eigenvalue weighted by molar-refractivity contribution is 5.94. The molecule has 0 heterocycles. The number of hydrogen-bond acceptors (Lipinski definition) is 2. The second-order valence-electron chi connectivity index (χ2n) is 5.94. The van der Waals surface area contributed by atoms with E-state index >= 15 is 0 Å². The van der Waals surface area contributed by atoms with Crippen LogP contribution in [0.3, 0.4) is 0 Å². The van der Waals surface area contributed by atoms with Crippen LogP contribution >= 0.6 is 0 Å². The number of nitrogens with zero attached hydrogens (tertiary/aromatic N) is 1. The summed E-state index contributed by atoms with van der Waals surface area (Å²) < 4.78 is 0. The Hall–Kier alpha value is -2.82. The molecule has 0 unspecified atom stereocenters. The van der Waals surface area contributed by atoms with Crippen LogP contribution in [0.5, 0.6) is 0 Å². The molecular weight excluding hydrogens is 300 g/mol. The lowest BCUT2D eigenvalue weighted by atomic mass is 10.1. The maximum Gasteiger partial charge on any atom is 0.251 e. The molecule has 2 aromatic rings. The number of amides is 1. The van der Waals surface area contributed by atoms with Gasteiger partial charge in [-0.2, -0.15) is 0 Å². The topological polar surface area (TPSA) is 79.5 Å². The first kappa shape index (κ1) is 16.1. The average Bonchev–Trinajstić information content (AvgIpc) is 3.07. The largest absolute Gasteiger partial charge is 0.370 e. The standard InChI is InChI=1S/C19H22N4O/c1-21-18(24)15-7-5-13(6-8-15)12-22-19(20)23-17-10-9-14-3-2-4-16(14)11-17/h5-11H,2-4,12H2,1H3,(H,21,24)(H3,20,22,23). The molecule has 0 saturated heterocycles. The van der Waals surface area contributed by atoms with Gasteiger partial charge in [0.1, 0.15) is 0 Å². The molecule has 24 heavy (non-hydrogen) atoms. The molecule has 0 bridgehead atoms. The van der Waals surface area contributed by atoms with Gasteiger partial charge in [0.05, 0.1) is 6.54 Å². The van der Waals surface area contributed by atoms with Crippen LogP contribution in [0, 0.1) is 0 Å². The van der Waals surface area contributed by atoms with Crippen LogP contribution in [0.1, 0.15) is 33.5 Å². The molecule has 4 N–H and O–H groups in total. The Kier molecular flexibility index (Phi) is 4.79. The van der Waals surface area contributed by atoms with E-state index in [9.17, 15) is 4.79 Å². The molecule has 1 aliphatic carbocycles. The minimum absolute atomic E-state index is 0.0946.